The normalized spacial score (nSPS) is 16.3. The Hall–Kier alpha value is -2.48. The lowest BCUT2D eigenvalue weighted by molar-refractivity contribution is -0.307. The fourth-order valence-corrected chi connectivity index (χ4v) is 3.94. The van der Waals surface area contributed by atoms with Gasteiger partial charge in [-0.25, -0.2) is 4.99 Å². The highest BCUT2D eigenvalue weighted by Gasteiger charge is 2.24. The fourth-order valence-electron chi connectivity index (χ4n) is 2.49. The van der Waals surface area contributed by atoms with Gasteiger partial charge in [0.25, 0.3) is 5.91 Å². The largest absolute Gasteiger partial charge is 0.546 e. The molecule has 0 radical (unpaired) electrons. The molecule has 1 fully saturated rings. The van der Waals surface area contributed by atoms with Gasteiger partial charge in [-0.05, 0) is 59.7 Å². The molecule has 0 spiro atoms. The molecule has 0 unspecified atom stereocenters. The topological polar surface area (TPSA) is 90.8 Å². The van der Waals surface area contributed by atoms with E-state index in [1.807, 2.05) is 24.3 Å². The van der Waals surface area contributed by atoms with Gasteiger partial charge in [0.1, 0.15) is 6.61 Å². The van der Waals surface area contributed by atoms with Crippen LogP contribution in [0, 0.1) is 0 Å². The summed E-state index contributed by atoms with van der Waals surface area (Å²) >= 11 is 13.4. The Labute approximate surface area is 181 Å². The molecule has 1 saturated heterocycles. The van der Waals surface area contributed by atoms with Crippen molar-refractivity contribution in [2.24, 2.45) is 4.99 Å². The first-order valence-electron chi connectivity index (χ1n) is 8.56. The molecule has 150 valence electrons. The van der Waals surface area contributed by atoms with Crippen molar-refractivity contribution in [1.82, 2.24) is 5.32 Å². The predicted molar refractivity (Wildman–Crippen MR) is 114 cm³/mol. The van der Waals surface area contributed by atoms with E-state index in [4.69, 9.17) is 27.9 Å². The van der Waals surface area contributed by atoms with Crippen LogP contribution >= 0.6 is 35.0 Å². The number of hydrogen-bond donors (Lipinski definition) is 1. The maximum absolute atomic E-state index is 12.3. The standard InChI is InChI=1S/C20H16Cl2N2O4S/c1-2-11-3-5-13(6-4-11)23-20-24-19(27)16(29-20)9-12-7-14(21)18(15(22)8-12)28-10-17(25)26/h3-9H,2,10H2,1H3,(H,25,26)(H,23,24,27)/p-1/b16-9+. The number of carboxylic acid groups (broad SMARTS) is 1. The van der Waals surface area contributed by atoms with E-state index in [2.05, 4.69) is 17.2 Å². The van der Waals surface area contributed by atoms with E-state index >= 15 is 0 Å². The summed E-state index contributed by atoms with van der Waals surface area (Å²) in [6, 6.07) is 10.8. The third-order valence-corrected chi connectivity index (χ3v) is 5.35. The van der Waals surface area contributed by atoms with Crippen LogP contribution in [0.2, 0.25) is 10.0 Å². The molecule has 1 heterocycles. The van der Waals surface area contributed by atoms with Crippen LogP contribution in [0.15, 0.2) is 46.3 Å². The van der Waals surface area contributed by atoms with Gasteiger partial charge in [-0.3, -0.25) is 4.79 Å². The van der Waals surface area contributed by atoms with Crippen LogP contribution in [0.3, 0.4) is 0 Å². The SMILES string of the molecule is CCc1ccc(N=C2NC(=O)/C(=C\c3cc(Cl)c(OCC(=O)[O-])c(Cl)c3)S2)cc1. The Morgan fingerprint density at radius 2 is 1.90 bits per heavy atom. The summed E-state index contributed by atoms with van der Waals surface area (Å²) in [6.45, 7) is 1.41. The van der Waals surface area contributed by atoms with Crippen LogP contribution in [0.4, 0.5) is 5.69 Å². The lowest BCUT2D eigenvalue weighted by Gasteiger charge is -2.11. The van der Waals surface area contributed by atoms with Gasteiger partial charge < -0.3 is 20.0 Å². The number of amides is 1. The smallest absolute Gasteiger partial charge is 0.264 e. The quantitative estimate of drug-likeness (QED) is 0.680. The molecule has 6 nitrogen and oxygen atoms in total. The van der Waals surface area contributed by atoms with Crippen molar-refractivity contribution in [1.29, 1.82) is 0 Å². The van der Waals surface area contributed by atoms with Gasteiger partial charge in [0.15, 0.2) is 10.9 Å². The average Bonchev–Trinajstić information content (AvgIpc) is 3.00. The number of carbonyl (C=O) groups excluding carboxylic acids is 2. The zero-order valence-electron chi connectivity index (χ0n) is 15.2. The summed E-state index contributed by atoms with van der Waals surface area (Å²) in [7, 11) is 0. The monoisotopic (exact) mass is 449 g/mol. The number of nitrogens with one attached hydrogen (secondary N) is 1. The number of ether oxygens (including phenoxy) is 1. The predicted octanol–water partition coefficient (Wildman–Crippen LogP) is 3.58. The fraction of sp³-hybridized carbons (Fsp3) is 0.150. The molecule has 29 heavy (non-hydrogen) atoms. The summed E-state index contributed by atoms with van der Waals surface area (Å²) in [4.78, 5) is 27.6. The molecule has 1 amide bonds. The Balaban J connectivity index is 1.79. The van der Waals surface area contributed by atoms with E-state index in [9.17, 15) is 14.7 Å². The minimum Gasteiger partial charge on any atom is -0.546 e. The highest BCUT2D eigenvalue weighted by molar-refractivity contribution is 8.18. The van der Waals surface area contributed by atoms with E-state index in [-0.39, 0.29) is 21.7 Å². The van der Waals surface area contributed by atoms with Crippen LogP contribution in [-0.4, -0.2) is 23.7 Å². The summed E-state index contributed by atoms with van der Waals surface area (Å²) in [5, 5.41) is 14.0. The van der Waals surface area contributed by atoms with Gasteiger partial charge in [0.2, 0.25) is 0 Å². The molecule has 1 N–H and O–H groups in total. The second kappa shape index (κ2) is 9.35. The Morgan fingerprint density at radius 3 is 2.48 bits per heavy atom. The maximum atomic E-state index is 12.3. The van der Waals surface area contributed by atoms with Crippen molar-refractivity contribution in [2.45, 2.75) is 13.3 Å². The van der Waals surface area contributed by atoms with Crippen LogP contribution in [0.5, 0.6) is 5.75 Å². The zero-order chi connectivity index (χ0) is 21.0. The molecule has 1 aliphatic heterocycles. The number of hydrogen-bond acceptors (Lipinski definition) is 6. The van der Waals surface area contributed by atoms with Crippen molar-refractivity contribution >= 4 is 63.8 Å². The van der Waals surface area contributed by atoms with Crippen molar-refractivity contribution in [2.75, 3.05) is 6.61 Å². The number of halogens is 2. The van der Waals surface area contributed by atoms with E-state index < -0.39 is 12.6 Å². The minimum absolute atomic E-state index is 0.0426. The molecule has 2 aromatic rings. The lowest BCUT2D eigenvalue weighted by Crippen LogP contribution is -2.29. The summed E-state index contributed by atoms with van der Waals surface area (Å²) < 4.78 is 5.02. The average molecular weight is 450 g/mol. The Morgan fingerprint density at radius 1 is 1.24 bits per heavy atom. The second-order valence-corrected chi connectivity index (χ2v) is 7.82. The number of aliphatic imine (C=N–C) groups is 1. The number of aliphatic carboxylic acids is 1. The number of benzene rings is 2. The number of rotatable bonds is 6. The van der Waals surface area contributed by atoms with Crippen LogP contribution in [0.1, 0.15) is 18.1 Å². The molecule has 9 heteroatoms. The van der Waals surface area contributed by atoms with Crippen LogP contribution < -0.4 is 15.2 Å². The van der Waals surface area contributed by atoms with Crippen molar-refractivity contribution in [3.63, 3.8) is 0 Å². The highest BCUT2D eigenvalue weighted by atomic mass is 35.5. The summed E-state index contributed by atoms with van der Waals surface area (Å²) in [5.74, 6) is -1.64. The number of amidine groups is 1. The minimum atomic E-state index is -1.39. The van der Waals surface area contributed by atoms with E-state index in [0.717, 1.165) is 12.1 Å². The second-order valence-electron chi connectivity index (χ2n) is 5.98. The summed E-state index contributed by atoms with van der Waals surface area (Å²) in [6.07, 6.45) is 2.56. The van der Waals surface area contributed by atoms with Crippen molar-refractivity contribution in [3.05, 3.63) is 62.5 Å². The van der Waals surface area contributed by atoms with Gasteiger partial charge >= 0.3 is 0 Å². The molecule has 0 saturated carbocycles. The molecule has 2 aromatic carbocycles. The molecule has 0 aromatic heterocycles. The number of thioether (sulfide) groups is 1. The number of carboxylic acids is 1. The Kier molecular flexibility index (Phi) is 6.84. The van der Waals surface area contributed by atoms with E-state index in [1.54, 1.807) is 6.08 Å². The van der Waals surface area contributed by atoms with E-state index in [0.29, 0.717) is 15.6 Å². The molecule has 0 atom stereocenters. The number of nitrogens with zero attached hydrogens (tertiary/aromatic N) is 1. The Bertz CT molecular complexity index is 997. The van der Waals surface area contributed by atoms with Gasteiger partial charge in [0.05, 0.1) is 26.6 Å². The highest BCUT2D eigenvalue weighted by Crippen LogP contribution is 2.36. The third kappa shape index (κ3) is 5.53. The van der Waals surface area contributed by atoms with Gasteiger partial charge in [-0.2, -0.15) is 0 Å². The first-order valence-corrected chi connectivity index (χ1v) is 10.1. The molecular weight excluding hydrogens is 435 g/mol. The van der Waals surface area contributed by atoms with Gasteiger partial charge in [-0.1, -0.05) is 42.3 Å². The van der Waals surface area contributed by atoms with Gasteiger partial charge in [0, 0.05) is 0 Å². The maximum Gasteiger partial charge on any atom is 0.264 e. The van der Waals surface area contributed by atoms with Crippen molar-refractivity contribution in [3.8, 4) is 5.75 Å². The molecular formula is C20H15Cl2N2O4S-. The molecule has 0 bridgehead atoms. The number of carbonyl (C=O) groups is 2. The molecule has 1 aliphatic rings. The number of aryl methyl sites for hydroxylation is 1. The lowest BCUT2D eigenvalue weighted by atomic mass is 10.2. The van der Waals surface area contributed by atoms with E-state index in [1.165, 1.54) is 29.5 Å². The molecule has 0 aliphatic carbocycles. The van der Waals surface area contributed by atoms with Crippen molar-refractivity contribution < 1.29 is 19.4 Å². The summed E-state index contributed by atoms with van der Waals surface area (Å²) in [5.41, 5.74) is 2.51. The third-order valence-electron chi connectivity index (χ3n) is 3.88. The van der Waals surface area contributed by atoms with Gasteiger partial charge in [-0.15, -0.1) is 0 Å². The molecule has 3 rings (SSSR count). The first kappa shape index (κ1) is 21.2. The zero-order valence-corrected chi connectivity index (χ0v) is 17.5. The first-order chi connectivity index (χ1) is 13.9. The van der Waals surface area contributed by atoms with Crippen LogP contribution in [-0.2, 0) is 16.0 Å². The van der Waals surface area contributed by atoms with Crippen LogP contribution in [0.25, 0.3) is 6.08 Å².